The van der Waals surface area contributed by atoms with Crippen LogP contribution in [-0.4, -0.2) is 11.9 Å². The van der Waals surface area contributed by atoms with Crippen LogP contribution in [0, 0.1) is 11.8 Å². The number of hydrogen-bond donors (Lipinski definition) is 1. The van der Waals surface area contributed by atoms with Crippen molar-refractivity contribution < 1.29 is 4.79 Å². The molecule has 1 aliphatic carbocycles. The summed E-state index contributed by atoms with van der Waals surface area (Å²) in [6.45, 7) is 2.01. The Morgan fingerprint density at radius 3 is 2.75 bits per heavy atom. The van der Waals surface area contributed by atoms with Crippen molar-refractivity contribution >= 4 is 5.91 Å². The summed E-state index contributed by atoms with van der Waals surface area (Å²) in [7, 11) is 0. The van der Waals surface area contributed by atoms with E-state index >= 15 is 0 Å². The molecule has 2 rings (SSSR count). The quantitative estimate of drug-likeness (QED) is 0.473. The lowest BCUT2D eigenvalue weighted by molar-refractivity contribution is -0.123. The van der Waals surface area contributed by atoms with Crippen LogP contribution in [0.3, 0.4) is 0 Å². The Morgan fingerprint density at radius 2 is 2.50 bits per heavy atom. The van der Waals surface area contributed by atoms with Gasteiger partial charge in [0, 0.05) is 12.0 Å². The zero-order chi connectivity index (χ0) is 5.72. The van der Waals surface area contributed by atoms with Gasteiger partial charge >= 0.3 is 0 Å². The van der Waals surface area contributed by atoms with E-state index in [4.69, 9.17) is 0 Å². The second-order valence-corrected chi connectivity index (χ2v) is 2.80. The van der Waals surface area contributed by atoms with Gasteiger partial charge in [-0.2, -0.15) is 0 Å². The molecule has 1 saturated carbocycles. The van der Waals surface area contributed by atoms with Gasteiger partial charge in [0.15, 0.2) is 0 Å². The van der Waals surface area contributed by atoms with Crippen molar-refractivity contribution in [2.24, 2.45) is 11.8 Å². The molecule has 0 radical (unpaired) electrons. The molecule has 3 atom stereocenters. The molecule has 44 valence electrons. The normalized spacial score (nSPS) is 50.6. The van der Waals surface area contributed by atoms with E-state index in [1.807, 2.05) is 6.92 Å². The molecule has 2 aliphatic rings. The minimum atomic E-state index is 0.256. The van der Waals surface area contributed by atoms with E-state index in [2.05, 4.69) is 5.32 Å². The molecule has 0 spiro atoms. The van der Waals surface area contributed by atoms with E-state index in [0.717, 1.165) is 0 Å². The molecule has 2 heteroatoms. The van der Waals surface area contributed by atoms with Gasteiger partial charge in [0.1, 0.15) is 0 Å². The second kappa shape index (κ2) is 1.07. The van der Waals surface area contributed by atoms with Crippen molar-refractivity contribution in [1.82, 2.24) is 5.32 Å². The molecular weight excluding hydrogens is 102 g/mol. The molecule has 1 saturated heterocycles. The third kappa shape index (κ3) is 0.358. The lowest BCUT2D eigenvalue weighted by Gasteiger charge is -1.98. The van der Waals surface area contributed by atoms with Gasteiger partial charge < -0.3 is 5.32 Å². The second-order valence-electron chi connectivity index (χ2n) is 2.80. The van der Waals surface area contributed by atoms with Crippen LogP contribution in [0.1, 0.15) is 13.3 Å². The summed E-state index contributed by atoms with van der Waals surface area (Å²) in [5.74, 6) is 1.26. The highest BCUT2D eigenvalue weighted by Crippen LogP contribution is 2.42. The predicted octanol–water partition coefficient (Wildman–Crippen LogP) is 0.141. The number of carbonyl (C=O) groups is 1. The van der Waals surface area contributed by atoms with E-state index < -0.39 is 0 Å². The Morgan fingerprint density at radius 1 is 1.75 bits per heavy atom. The van der Waals surface area contributed by atoms with Crippen molar-refractivity contribution in [1.29, 1.82) is 0 Å². The summed E-state index contributed by atoms with van der Waals surface area (Å²) in [4.78, 5) is 10.7. The van der Waals surface area contributed by atoms with Crippen LogP contribution in [0.25, 0.3) is 0 Å². The van der Waals surface area contributed by atoms with Crippen LogP contribution in [-0.2, 0) is 4.79 Å². The van der Waals surface area contributed by atoms with Gasteiger partial charge in [0.25, 0.3) is 0 Å². The first-order chi connectivity index (χ1) is 3.79. The third-order valence-electron chi connectivity index (χ3n) is 2.22. The van der Waals surface area contributed by atoms with Gasteiger partial charge in [-0.05, 0) is 12.3 Å². The van der Waals surface area contributed by atoms with E-state index in [-0.39, 0.29) is 5.91 Å². The van der Waals surface area contributed by atoms with Crippen molar-refractivity contribution in [3.63, 3.8) is 0 Å². The van der Waals surface area contributed by atoms with Gasteiger partial charge in [-0.3, -0.25) is 4.79 Å². The van der Waals surface area contributed by atoms with E-state index in [0.29, 0.717) is 17.9 Å². The molecule has 1 aliphatic heterocycles. The molecule has 0 bridgehead atoms. The van der Waals surface area contributed by atoms with Gasteiger partial charge in [-0.25, -0.2) is 0 Å². The maximum absolute atomic E-state index is 10.7. The van der Waals surface area contributed by atoms with Crippen molar-refractivity contribution in [2.45, 2.75) is 19.4 Å². The highest BCUT2D eigenvalue weighted by molar-refractivity contribution is 5.83. The van der Waals surface area contributed by atoms with Gasteiger partial charge in [0.2, 0.25) is 5.91 Å². The summed E-state index contributed by atoms with van der Waals surface area (Å²) in [6.07, 6.45) is 1.23. The summed E-state index contributed by atoms with van der Waals surface area (Å²) in [5, 5.41) is 2.90. The number of fused-ring (bicyclic) bond motifs is 1. The van der Waals surface area contributed by atoms with E-state index in [9.17, 15) is 4.79 Å². The Hall–Kier alpha value is -0.530. The lowest BCUT2D eigenvalue weighted by Crippen LogP contribution is -2.22. The minimum Gasteiger partial charge on any atom is -0.353 e. The summed E-state index contributed by atoms with van der Waals surface area (Å²) in [6, 6.07) is 0.567. The largest absolute Gasteiger partial charge is 0.353 e. The zero-order valence-electron chi connectivity index (χ0n) is 4.85. The fraction of sp³-hybridized carbons (Fsp3) is 0.833. The van der Waals surface area contributed by atoms with Crippen molar-refractivity contribution in [2.75, 3.05) is 0 Å². The maximum atomic E-state index is 10.7. The molecule has 0 aromatic heterocycles. The lowest BCUT2D eigenvalue weighted by atomic mass is 10.1. The Labute approximate surface area is 48.3 Å². The van der Waals surface area contributed by atoms with Crippen LogP contribution in [0.2, 0.25) is 0 Å². The molecule has 0 aromatic rings. The first-order valence-electron chi connectivity index (χ1n) is 3.09. The van der Waals surface area contributed by atoms with Crippen LogP contribution in [0.5, 0.6) is 0 Å². The first-order valence-corrected chi connectivity index (χ1v) is 3.09. The topological polar surface area (TPSA) is 29.1 Å². The van der Waals surface area contributed by atoms with E-state index in [1.54, 1.807) is 0 Å². The van der Waals surface area contributed by atoms with Gasteiger partial charge in [-0.15, -0.1) is 0 Å². The standard InChI is InChI=1S/C6H9NO/c1-3-4-2-5(4)7-6(3)8/h3-5H,2H2,1H3,(H,7,8). The van der Waals surface area contributed by atoms with Gasteiger partial charge in [-0.1, -0.05) is 6.92 Å². The van der Waals surface area contributed by atoms with Crippen LogP contribution < -0.4 is 5.32 Å². The fourth-order valence-corrected chi connectivity index (χ4v) is 1.44. The molecule has 0 aromatic carbocycles. The Balaban J connectivity index is 2.19. The van der Waals surface area contributed by atoms with Crippen molar-refractivity contribution in [3.05, 3.63) is 0 Å². The average molecular weight is 111 g/mol. The number of rotatable bonds is 0. The van der Waals surface area contributed by atoms with Crippen LogP contribution >= 0.6 is 0 Å². The molecule has 1 amide bonds. The average Bonchev–Trinajstić information content (AvgIpc) is 2.39. The number of piperidine rings is 1. The molecule has 2 fully saturated rings. The predicted molar refractivity (Wildman–Crippen MR) is 29.2 cm³/mol. The SMILES string of the molecule is CC1C(=O)NC2CC21. The number of nitrogens with one attached hydrogen (secondary N) is 1. The number of carbonyl (C=O) groups excluding carboxylic acids is 1. The number of amides is 1. The highest BCUT2D eigenvalue weighted by Gasteiger charge is 2.50. The summed E-state index contributed by atoms with van der Waals surface area (Å²) < 4.78 is 0. The number of hydrogen-bond acceptors (Lipinski definition) is 1. The highest BCUT2D eigenvalue weighted by atomic mass is 16.2. The summed E-state index contributed by atoms with van der Waals surface area (Å²) >= 11 is 0. The molecule has 8 heavy (non-hydrogen) atoms. The molecule has 2 nitrogen and oxygen atoms in total. The fourth-order valence-electron chi connectivity index (χ4n) is 1.44. The Kier molecular flexibility index (Phi) is 0.581. The Bertz CT molecular complexity index is 143. The monoisotopic (exact) mass is 111 g/mol. The van der Waals surface area contributed by atoms with Crippen LogP contribution in [0.15, 0.2) is 0 Å². The molecule has 1 heterocycles. The third-order valence-corrected chi connectivity index (χ3v) is 2.22. The maximum Gasteiger partial charge on any atom is 0.223 e. The smallest absolute Gasteiger partial charge is 0.223 e. The van der Waals surface area contributed by atoms with E-state index in [1.165, 1.54) is 6.42 Å². The molecule has 3 unspecified atom stereocenters. The van der Waals surface area contributed by atoms with Crippen LogP contribution in [0.4, 0.5) is 0 Å². The molecular formula is C6H9NO. The zero-order valence-corrected chi connectivity index (χ0v) is 4.85. The van der Waals surface area contributed by atoms with Gasteiger partial charge in [0.05, 0.1) is 0 Å². The minimum absolute atomic E-state index is 0.256. The molecule has 1 N–H and O–H groups in total. The first kappa shape index (κ1) is 4.36. The van der Waals surface area contributed by atoms with Crippen molar-refractivity contribution in [3.8, 4) is 0 Å². The summed E-state index contributed by atoms with van der Waals surface area (Å²) in [5.41, 5.74) is 0.